The molecule has 0 aliphatic carbocycles. The number of hydrogen-bond acceptors (Lipinski definition) is 7. The Morgan fingerprint density at radius 1 is 1.15 bits per heavy atom. The highest BCUT2D eigenvalue weighted by Gasteiger charge is 2.24. The molecular formula is C13H22O7. The summed E-state index contributed by atoms with van der Waals surface area (Å²) in [6, 6.07) is 0. The summed E-state index contributed by atoms with van der Waals surface area (Å²) in [5.41, 5.74) is 0. The highest BCUT2D eigenvalue weighted by molar-refractivity contribution is 5.94. The lowest BCUT2D eigenvalue weighted by Crippen LogP contribution is -2.36. The van der Waals surface area contributed by atoms with Crippen LogP contribution in [0.1, 0.15) is 0 Å². The van der Waals surface area contributed by atoms with Crippen molar-refractivity contribution in [2.24, 2.45) is 0 Å². The molecule has 0 bridgehead atoms. The van der Waals surface area contributed by atoms with E-state index in [-0.39, 0.29) is 12.4 Å². The first-order valence-electron chi connectivity index (χ1n) is 6.52. The SMILES string of the molecule is COCCOCCOCCO[C@@H]1C=CC(=O)[C@@H](CO)O1. The highest BCUT2D eigenvalue weighted by atomic mass is 16.7. The zero-order valence-electron chi connectivity index (χ0n) is 11.7. The monoisotopic (exact) mass is 290 g/mol. The first-order valence-corrected chi connectivity index (χ1v) is 6.52. The van der Waals surface area contributed by atoms with Gasteiger partial charge in [-0.15, -0.1) is 0 Å². The maximum atomic E-state index is 11.2. The molecule has 1 aliphatic heterocycles. The highest BCUT2D eigenvalue weighted by Crippen LogP contribution is 2.10. The van der Waals surface area contributed by atoms with Crippen LogP contribution >= 0.6 is 0 Å². The molecule has 2 atom stereocenters. The largest absolute Gasteiger partial charge is 0.393 e. The minimum absolute atomic E-state index is 0.253. The summed E-state index contributed by atoms with van der Waals surface area (Å²) in [4.78, 5) is 11.2. The van der Waals surface area contributed by atoms with Gasteiger partial charge in [-0.2, -0.15) is 0 Å². The van der Waals surface area contributed by atoms with Gasteiger partial charge in [0, 0.05) is 7.11 Å². The number of aliphatic hydroxyl groups excluding tert-OH is 1. The summed E-state index contributed by atoms with van der Waals surface area (Å²) in [5, 5.41) is 8.93. The van der Waals surface area contributed by atoms with E-state index in [1.54, 1.807) is 7.11 Å². The van der Waals surface area contributed by atoms with Gasteiger partial charge in [0.2, 0.25) is 0 Å². The fourth-order valence-electron chi connectivity index (χ4n) is 1.47. The zero-order valence-corrected chi connectivity index (χ0v) is 11.7. The maximum absolute atomic E-state index is 11.2. The Labute approximate surface area is 118 Å². The van der Waals surface area contributed by atoms with Gasteiger partial charge in [0.05, 0.1) is 46.2 Å². The summed E-state index contributed by atoms with van der Waals surface area (Å²) in [6.07, 6.45) is 1.42. The molecule has 0 saturated heterocycles. The average molecular weight is 290 g/mol. The van der Waals surface area contributed by atoms with E-state index in [2.05, 4.69) is 0 Å². The van der Waals surface area contributed by atoms with E-state index in [9.17, 15) is 4.79 Å². The van der Waals surface area contributed by atoms with Crippen molar-refractivity contribution in [3.63, 3.8) is 0 Å². The number of carbonyl (C=O) groups is 1. The van der Waals surface area contributed by atoms with E-state index in [1.165, 1.54) is 12.2 Å². The smallest absolute Gasteiger partial charge is 0.186 e. The molecule has 0 amide bonds. The molecule has 0 spiro atoms. The molecule has 1 heterocycles. The predicted molar refractivity (Wildman–Crippen MR) is 69.4 cm³/mol. The molecule has 0 radical (unpaired) electrons. The first-order chi connectivity index (χ1) is 9.77. The molecule has 7 nitrogen and oxygen atoms in total. The number of aliphatic hydroxyl groups is 1. The van der Waals surface area contributed by atoms with Crippen molar-refractivity contribution in [3.8, 4) is 0 Å². The predicted octanol–water partition coefficient (Wildman–Crippen LogP) is -0.475. The van der Waals surface area contributed by atoms with Crippen LogP contribution in [0.5, 0.6) is 0 Å². The second-order valence-electron chi connectivity index (χ2n) is 4.03. The Bertz CT molecular complexity index is 292. The Kier molecular flexibility index (Phi) is 9.38. The normalized spacial score (nSPS) is 22.4. The van der Waals surface area contributed by atoms with Crippen molar-refractivity contribution >= 4 is 5.78 Å². The molecule has 1 N–H and O–H groups in total. The lowest BCUT2D eigenvalue weighted by atomic mass is 10.2. The van der Waals surface area contributed by atoms with E-state index < -0.39 is 12.4 Å². The molecule has 0 aromatic carbocycles. The van der Waals surface area contributed by atoms with Gasteiger partial charge in [0.15, 0.2) is 12.1 Å². The van der Waals surface area contributed by atoms with Crippen LogP contribution in [0, 0.1) is 0 Å². The zero-order chi connectivity index (χ0) is 14.6. The maximum Gasteiger partial charge on any atom is 0.186 e. The van der Waals surface area contributed by atoms with Crippen LogP contribution in [0.4, 0.5) is 0 Å². The van der Waals surface area contributed by atoms with E-state index in [0.717, 1.165) is 0 Å². The van der Waals surface area contributed by atoms with E-state index in [4.69, 9.17) is 28.8 Å². The Balaban J connectivity index is 1.96. The van der Waals surface area contributed by atoms with Gasteiger partial charge in [-0.1, -0.05) is 0 Å². The van der Waals surface area contributed by atoms with Gasteiger partial charge >= 0.3 is 0 Å². The summed E-state index contributed by atoms with van der Waals surface area (Å²) in [7, 11) is 1.62. The molecule has 7 heteroatoms. The third-order valence-electron chi connectivity index (χ3n) is 2.51. The minimum atomic E-state index is -0.833. The number of ketones is 1. The summed E-state index contributed by atoms with van der Waals surface area (Å²) in [6.45, 7) is 2.49. The molecule has 0 aromatic rings. The Morgan fingerprint density at radius 3 is 2.45 bits per heavy atom. The van der Waals surface area contributed by atoms with Gasteiger partial charge in [-0.05, 0) is 12.2 Å². The van der Waals surface area contributed by atoms with Crippen LogP contribution in [0.15, 0.2) is 12.2 Å². The fraction of sp³-hybridized carbons (Fsp3) is 0.769. The third kappa shape index (κ3) is 7.09. The van der Waals surface area contributed by atoms with Crippen LogP contribution < -0.4 is 0 Å². The molecule has 1 rings (SSSR count). The number of carbonyl (C=O) groups excluding carboxylic acids is 1. The van der Waals surface area contributed by atoms with Crippen molar-refractivity contribution in [1.82, 2.24) is 0 Å². The Morgan fingerprint density at radius 2 is 1.80 bits per heavy atom. The van der Waals surface area contributed by atoms with Gasteiger partial charge < -0.3 is 28.8 Å². The van der Waals surface area contributed by atoms with E-state index >= 15 is 0 Å². The molecule has 20 heavy (non-hydrogen) atoms. The second kappa shape index (κ2) is 10.9. The average Bonchev–Trinajstić information content (AvgIpc) is 2.47. The second-order valence-corrected chi connectivity index (χ2v) is 4.03. The van der Waals surface area contributed by atoms with Crippen LogP contribution in [0.3, 0.4) is 0 Å². The number of methoxy groups -OCH3 is 1. The molecule has 0 fully saturated rings. The van der Waals surface area contributed by atoms with Crippen molar-refractivity contribution in [1.29, 1.82) is 0 Å². The van der Waals surface area contributed by atoms with Crippen molar-refractivity contribution in [3.05, 3.63) is 12.2 Å². The van der Waals surface area contributed by atoms with Gasteiger partial charge in [-0.25, -0.2) is 0 Å². The third-order valence-corrected chi connectivity index (χ3v) is 2.51. The van der Waals surface area contributed by atoms with Crippen LogP contribution in [0.25, 0.3) is 0 Å². The number of hydrogen-bond donors (Lipinski definition) is 1. The topological polar surface area (TPSA) is 83.5 Å². The fourth-order valence-corrected chi connectivity index (χ4v) is 1.47. The van der Waals surface area contributed by atoms with E-state index in [1.807, 2.05) is 0 Å². The molecule has 0 saturated carbocycles. The molecule has 0 aromatic heterocycles. The van der Waals surface area contributed by atoms with Gasteiger partial charge in [-0.3, -0.25) is 4.79 Å². The summed E-state index contributed by atoms with van der Waals surface area (Å²) in [5.74, 6) is -0.253. The molecule has 1 aliphatic rings. The van der Waals surface area contributed by atoms with Crippen molar-refractivity contribution < 1.29 is 33.6 Å². The molecule has 0 unspecified atom stereocenters. The summed E-state index contributed by atoms with van der Waals surface area (Å²) < 4.78 is 25.9. The van der Waals surface area contributed by atoms with Crippen LogP contribution in [-0.4, -0.2) is 76.6 Å². The van der Waals surface area contributed by atoms with E-state index in [0.29, 0.717) is 39.6 Å². The van der Waals surface area contributed by atoms with Crippen molar-refractivity contribution in [2.45, 2.75) is 12.4 Å². The number of rotatable bonds is 11. The van der Waals surface area contributed by atoms with Crippen LogP contribution in [-0.2, 0) is 28.5 Å². The summed E-state index contributed by atoms with van der Waals surface area (Å²) >= 11 is 0. The number of ether oxygens (including phenoxy) is 5. The van der Waals surface area contributed by atoms with Crippen molar-refractivity contribution in [2.75, 3.05) is 53.4 Å². The lowest BCUT2D eigenvalue weighted by molar-refractivity contribution is -0.172. The molecular weight excluding hydrogens is 268 g/mol. The molecule has 116 valence electrons. The standard InChI is InChI=1S/C13H22O7/c1-16-4-5-17-6-7-18-8-9-19-13-3-2-11(15)12(10-14)20-13/h2-3,12-14H,4-10H2,1H3/t12-,13+/m1/s1. The van der Waals surface area contributed by atoms with Crippen LogP contribution in [0.2, 0.25) is 0 Å². The minimum Gasteiger partial charge on any atom is -0.393 e. The Hall–Kier alpha value is -0.830. The first kappa shape index (κ1) is 17.2. The quantitative estimate of drug-likeness (QED) is 0.515. The lowest BCUT2D eigenvalue weighted by Gasteiger charge is -2.23. The van der Waals surface area contributed by atoms with Gasteiger partial charge in [0.1, 0.15) is 6.10 Å². The van der Waals surface area contributed by atoms with Gasteiger partial charge in [0.25, 0.3) is 0 Å².